The van der Waals surface area contributed by atoms with Gasteiger partial charge in [-0.3, -0.25) is 4.79 Å². The van der Waals surface area contributed by atoms with Crippen molar-refractivity contribution in [3.63, 3.8) is 0 Å². The first kappa shape index (κ1) is 29.2. The summed E-state index contributed by atoms with van der Waals surface area (Å²) in [6.45, 7) is 6.35. The summed E-state index contributed by atoms with van der Waals surface area (Å²) in [7, 11) is -3.57. The van der Waals surface area contributed by atoms with Crippen LogP contribution in [0.4, 0.5) is 6.01 Å². The first-order chi connectivity index (χ1) is 18.3. The van der Waals surface area contributed by atoms with Crippen LogP contribution in [0.25, 0.3) is 0 Å². The summed E-state index contributed by atoms with van der Waals surface area (Å²) >= 11 is 0. The van der Waals surface area contributed by atoms with Gasteiger partial charge in [-0.2, -0.15) is 4.98 Å². The second-order valence-corrected chi connectivity index (χ2v) is 11.0. The quantitative estimate of drug-likeness (QED) is 0.231. The molecule has 0 saturated carbocycles. The highest BCUT2D eigenvalue weighted by atomic mass is 32.2. The van der Waals surface area contributed by atoms with Crippen LogP contribution in [0.3, 0.4) is 0 Å². The molecule has 1 aromatic heterocycles. The van der Waals surface area contributed by atoms with Crippen molar-refractivity contribution in [1.82, 2.24) is 15.6 Å². The first-order valence-corrected chi connectivity index (χ1v) is 14.9. The number of amides is 1. The van der Waals surface area contributed by atoms with Gasteiger partial charge in [-0.25, -0.2) is 13.1 Å². The van der Waals surface area contributed by atoms with E-state index in [-0.39, 0.29) is 17.8 Å². The third-order valence-electron chi connectivity index (χ3n) is 5.89. The van der Waals surface area contributed by atoms with E-state index < -0.39 is 15.9 Å². The summed E-state index contributed by atoms with van der Waals surface area (Å²) in [6, 6.07) is 15.9. The molecule has 3 rings (SSSR count). The minimum Gasteiger partial charge on any atom is -0.494 e. The number of hydrogen-bond donors (Lipinski definition) is 3. The highest BCUT2D eigenvalue weighted by molar-refractivity contribution is 7.91. The van der Waals surface area contributed by atoms with Crippen molar-refractivity contribution in [3.05, 3.63) is 77.2 Å². The number of nitrogens with one attached hydrogen (secondary N) is 3. The second-order valence-electron chi connectivity index (χ2n) is 9.28. The summed E-state index contributed by atoms with van der Waals surface area (Å²) in [4.78, 5) is 16.9. The van der Waals surface area contributed by atoms with Gasteiger partial charge in [0.25, 0.3) is 5.91 Å². The summed E-state index contributed by atoms with van der Waals surface area (Å²) in [5.74, 6) is 0.370. The van der Waals surface area contributed by atoms with Crippen LogP contribution in [0.15, 0.2) is 59.2 Å². The van der Waals surface area contributed by atoms with E-state index in [0.29, 0.717) is 26.0 Å². The maximum Gasteiger partial charge on any atom is 0.309 e. The van der Waals surface area contributed by atoms with E-state index >= 15 is 0 Å². The van der Waals surface area contributed by atoms with E-state index in [9.17, 15) is 13.2 Å². The molecule has 9 nitrogen and oxygen atoms in total. The number of carbonyl (C=O) groups excluding carboxylic acids is 1. The number of sulfonamides is 1. The van der Waals surface area contributed by atoms with Crippen molar-refractivity contribution in [2.45, 2.75) is 58.5 Å². The van der Waals surface area contributed by atoms with Gasteiger partial charge in [-0.15, -0.1) is 0 Å². The van der Waals surface area contributed by atoms with Crippen LogP contribution in [0.2, 0.25) is 0 Å². The molecule has 1 heterocycles. The predicted octanol–water partition coefficient (Wildman–Crippen LogP) is 4.31. The number of carbonyl (C=O) groups is 1. The molecule has 206 valence electrons. The van der Waals surface area contributed by atoms with E-state index in [4.69, 9.17) is 9.15 Å². The first-order valence-electron chi connectivity index (χ1n) is 13.0. The fraction of sp³-hybridized carbons (Fsp3) is 0.429. The average Bonchev–Trinajstić information content (AvgIpc) is 3.34. The van der Waals surface area contributed by atoms with E-state index in [1.807, 2.05) is 24.3 Å². The summed E-state index contributed by atoms with van der Waals surface area (Å²) in [6.07, 6.45) is 6.44. The van der Waals surface area contributed by atoms with Gasteiger partial charge in [0.15, 0.2) is 5.69 Å². The smallest absolute Gasteiger partial charge is 0.309 e. The van der Waals surface area contributed by atoms with E-state index in [1.54, 1.807) is 0 Å². The van der Waals surface area contributed by atoms with Crippen molar-refractivity contribution in [2.75, 3.05) is 24.1 Å². The Bertz CT molecular complexity index is 1280. The normalized spacial score (nSPS) is 12.2. The van der Waals surface area contributed by atoms with E-state index in [0.717, 1.165) is 49.6 Å². The zero-order valence-electron chi connectivity index (χ0n) is 22.3. The van der Waals surface area contributed by atoms with Crippen LogP contribution in [-0.4, -0.2) is 44.8 Å². The number of ether oxygens (including phenoxy) is 1. The lowest BCUT2D eigenvalue weighted by molar-refractivity contribution is 0.0929. The van der Waals surface area contributed by atoms with Crippen LogP contribution in [0.1, 0.15) is 60.3 Å². The zero-order valence-corrected chi connectivity index (χ0v) is 23.1. The number of benzene rings is 2. The predicted molar refractivity (Wildman–Crippen MR) is 149 cm³/mol. The molecular formula is C28H38N4O5S. The molecule has 3 N–H and O–H groups in total. The molecule has 0 aliphatic heterocycles. The Kier molecular flexibility index (Phi) is 11.2. The third-order valence-corrected chi connectivity index (χ3v) is 6.44. The lowest BCUT2D eigenvalue weighted by Crippen LogP contribution is -2.38. The van der Waals surface area contributed by atoms with Crippen molar-refractivity contribution in [1.29, 1.82) is 0 Å². The molecule has 0 saturated heterocycles. The number of anilines is 1. The molecule has 1 amide bonds. The molecule has 0 radical (unpaired) electrons. The second kappa shape index (κ2) is 14.5. The van der Waals surface area contributed by atoms with Crippen molar-refractivity contribution < 1.29 is 22.4 Å². The van der Waals surface area contributed by atoms with Crippen molar-refractivity contribution in [3.8, 4) is 5.75 Å². The molecule has 0 unspecified atom stereocenters. The van der Waals surface area contributed by atoms with E-state index in [2.05, 4.69) is 58.5 Å². The van der Waals surface area contributed by atoms with Gasteiger partial charge in [-0.05, 0) is 61.1 Å². The third kappa shape index (κ3) is 10.2. The Morgan fingerprint density at radius 1 is 1.08 bits per heavy atom. The van der Waals surface area contributed by atoms with Gasteiger partial charge in [-0.1, -0.05) is 56.7 Å². The Morgan fingerprint density at radius 2 is 1.84 bits per heavy atom. The number of unbranched alkanes of at least 4 members (excludes halogenated alkanes) is 1. The Balaban J connectivity index is 1.65. The minimum atomic E-state index is -3.57. The molecule has 1 atom stereocenters. The molecule has 38 heavy (non-hydrogen) atoms. The van der Waals surface area contributed by atoms with Crippen LogP contribution in [0, 0.1) is 0 Å². The van der Waals surface area contributed by atoms with Gasteiger partial charge in [0.05, 0.1) is 12.9 Å². The van der Waals surface area contributed by atoms with Crippen LogP contribution >= 0.6 is 0 Å². The van der Waals surface area contributed by atoms with Crippen LogP contribution in [0.5, 0.6) is 5.75 Å². The molecule has 3 aromatic rings. The van der Waals surface area contributed by atoms with Gasteiger partial charge >= 0.3 is 6.01 Å². The molecule has 0 bridgehead atoms. The van der Waals surface area contributed by atoms with Gasteiger partial charge < -0.3 is 19.8 Å². The Hall–Kier alpha value is -3.37. The van der Waals surface area contributed by atoms with Gasteiger partial charge in [0.2, 0.25) is 10.0 Å². The fourth-order valence-corrected chi connectivity index (χ4v) is 4.33. The Labute approximate surface area is 225 Å². The maximum atomic E-state index is 12.9. The van der Waals surface area contributed by atoms with Crippen LogP contribution in [-0.2, 0) is 29.4 Å². The fourth-order valence-electron chi connectivity index (χ4n) is 3.92. The zero-order chi connectivity index (χ0) is 27.4. The maximum absolute atomic E-state index is 12.9. The lowest BCUT2D eigenvalue weighted by Gasteiger charge is -2.19. The highest BCUT2D eigenvalue weighted by Gasteiger charge is 2.19. The summed E-state index contributed by atoms with van der Waals surface area (Å²) in [5, 5.41) is 6.50. The SMILES string of the molecule is CCCCOc1cccc(C[C@@H](CCNCc2cccc(CC)c2)NC(=O)c2coc(NS(C)(=O)=O)n2)c1. The standard InChI is InChI=1S/C28H38N4O5S/c1-4-6-15-36-25-12-8-10-22(18-25)17-24(13-14-29-19-23-11-7-9-21(5-2)16-23)30-27(33)26-20-37-28(31-26)32-38(3,34)35/h7-12,16,18,20,24,29H,4-6,13-15,17,19H2,1-3H3,(H,30,33)(H,31,32)/t24-/m1/s1. The van der Waals surface area contributed by atoms with Crippen molar-refractivity contribution in [2.24, 2.45) is 0 Å². The molecule has 0 aliphatic rings. The monoisotopic (exact) mass is 542 g/mol. The van der Waals surface area contributed by atoms with Crippen LogP contribution < -0.4 is 20.1 Å². The molecule has 0 spiro atoms. The molecule has 10 heteroatoms. The minimum absolute atomic E-state index is 0.00198. The molecule has 0 fully saturated rings. The number of aromatic nitrogens is 1. The van der Waals surface area contributed by atoms with E-state index in [1.165, 1.54) is 11.1 Å². The number of oxazole rings is 1. The summed E-state index contributed by atoms with van der Waals surface area (Å²) < 4.78 is 35.9. The summed E-state index contributed by atoms with van der Waals surface area (Å²) in [5.41, 5.74) is 3.56. The number of rotatable bonds is 16. The lowest BCUT2D eigenvalue weighted by atomic mass is 10.0. The number of hydrogen-bond acceptors (Lipinski definition) is 7. The topological polar surface area (TPSA) is 123 Å². The molecular weight excluding hydrogens is 504 g/mol. The molecule has 0 aliphatic carbocycles. The number of nitrogens with zero attached hydrogens (tertiary/aromatic N) is 1. The number of aryl methyl sites for hydroxylation is 1. The molecule has 2 aromatic carbocycles. The van der Waals surface area contributed by atoms with Gasteiger partial charge in [0, 0.05) is 12.6 Å². The van der Waals surface area contributed by atoms with Crippen molar-refractivity contribution >= 4 is 21.9 Å². The van der Waals surface area contributed by atoms with Gasteiger partial charge in [0.1, 0.15) is 12.0 Å². The largest absolute Gasteiger partial charge is 0.494 e. The average molecular weight is 543 g/mol. The highest BCUT2D eigenvalue weighted by Crippen LogP contribution is 2.17. The Morgan fingerprint density at radius 3 is 2.61 bits per heavy atom.